The number of nitrogen functional groups attached to an aromatic ring is 1. The minimum absolute atomic E-state index is 0.336. The molecule has 1 amide bonds. The van der Waals surface area contributed by atoms with Crippen LogP contribution in [-0.2, 0) is 13.5 Å². The van der Waals surface area contributed by atoms with Crippen LogP contribution in [0.25, 0.3) is 0 Å². The molecule has 0 bridgehead atoms. The van der Waals surface area contributed by atoms with Gasteiger partial charge in [0.15, 0.2) is 0 Å². The molecule has 1 aromatic carbocycles. The first-order chi connectivity index (χ1) is 9.06. The van der Waals surface area contributed by atoms with Crippen molar-refractivity contribution in [3.05, 3.63) is 41.7 Å². The van der Waals surface area contributed by atoms with Crippen LogP contribution in [-0.4, -0.2) is 22.2 Å². The summed E-state index contributed by atoms with van der Waals surface area (Å²) in [5.41, 5.74) is 13.5. The molecular weight excluding hydrogens is 242 g/mol. The monoisotopic (exact) mass is 259 g/mol. The van der Waals surface area contributed by atoms with Crippen LogP contribution in [0, 0.1) is 0 Å². The second kappa shape index (κ2) is 5.43. The predicted octanol–water partition coefficient (Wildman–Crippen LogP) is 0.756. The van der Waals surface area contributed by atoms with Crippen LogP contribution in [0.1, 0.15) is 16.1 Å². The van der Waals surface area contributed by atoms with Gasteiger partial charge in [-0.3, -0.25) is 9.48 Å². The van der Waals surface area contributed by atoms with Gasteiger partial charge in [-0.05, 0) is 24.3 Å². The molecule has 6 nitrogen and oxygen atoms in total. The highest BCUT2D eigenvalue weighted by atomic mass is 16.1. The number of benzene rings is 1. The maximum atomic E-state index is 11.2. The van der Waals surface area contributed by atoms with Gasteiger partial charge in [0.05, 0.1) is 11.3 Å². The summed E-state index contributed by atoms with van der Waals surface area (Å²) in [4.78, 5) is 11.2. The van der Waals surface area contributed by atoms with E-state index in [1.807, 2.05) is 25.4 Å². The van der Waals surface area contributed by atoms with Gasteiger partial charge in [-0.25, -0.2) is 0 Å². The molecule has 19 heavy (non-hydrogen) atoms. The zero-order chi connectivity index (χ0) is 13.8. The van der Waals surface area contributed by atoms with Crippen molar-refractivity contribution in [2.75, 3.05) is 17.6 Å². The number of carbonyl (C=O) groups is 1. The number of anilines is 2. The normalized spacial score (nSPS) is 10.4. The molecule has 0 fully saturated rings. The predicted molar refractivity (Wildman–Crippen MR) is 74.8 cm³/mol. The minimum Gasteiger partial charge on any atom is -0.398 e. The standard InChI is InChI=1S/C13H17N5O/c1-18-7-5-9(17-18)4-6-16-10-2-3-12(14)11(8-10)13(15)19/h2-3,5,7-8,16H,4,6,14H2,1H3,(H2,15,19). The molecule has 0 unspecified atom stereocenters. The maximum Gasteiger partial charge on any atom is 0.250 e. The van der Waals surface area contributed by atoms with Crippen molar-refractivity contribution in [1.29, 1.82) is 0 Å². The molecule has 0 aliphatic heterocycles. The molecule has 0 aliphatic rings. The van der Waals surface area contributed by atoms with Crippen molar-refractivity contribution in [2.45, 2.75) is 6.42 Å². The molecule has 0 spiro atoms. The molecule has 6 heteroatoms. The summed E-state index contributed by atoms with van der Waals surface area (Å²) in [6.45, 7) is 0.721. The number of amides is 1. The lowest BCUT2D eigenvalue weighted by Crippen LogP contribution is -2.14. The van der Waals surface area contributed by atoms with E-state index in [2.05, 4.69) is 10.4 Å². The first-order valence-electron chi connectivity index (χ1n) is 5.98. The van der Waals surface area contributed by atoms with Crippen LogP contribution in [0.4, 0.5) is 11.4 Å². The van der Waals surface area contributed by atoms with Crippen LogP contribution >= 0.6 is 0 Å². The van der Waals surface area contributed by atoms with Crippen LogP contribution in [0.2, 0.25) is 0 Å². The number of hydrogen-bond donors (Lipinski definition) is 3. The van der Waals surface area contributed by atoms with Crippen molar-refractivity contribution >= 4 is 17.3 Å². The lowest BCUT2D eigenvalue weighted by atomic mass is 10.1. The highest BCUT2D eigenvalue weighted by Crippen LogP contribution is 2.17. The fourth-order valence-electron chi connectivity index (χ4n) is 1.81. The molecule has 0 saturated carbocycles. The third-order valence-electron chi connectivity index (χ3n) is 2.80. The number of nitrogens with two attached hydrogens (primary N) is 2. The Morgan fingerprint density at radius 3 is 2.84 bits per heavy atom. The third kappa shape index (κ3) is 3.25. The lowest BCUT2D eigenvalue weighted by Gasteiger charge is -2.08. The van der Waals surface area contributed by atoms with Gasteiger partial charge in [-0.1, -0.05) is 0 Å². The highest BCUT2D eigenvalue weighted by molar-refractivity contribution is 5.98. The Bertz CT molecular complexity index is 590. The first-order valence-corrected chi connectivity index (χ1v) is 5.98. The molecule has 2 rings (SSSR count). The van der Waals surface area contributed by atoms with E-state index in [0.29, 0.717) is 11.3 Å². The molecule has 0 aliphatic carbocycles. The van der Waals surface area contributed by atoms with Crippen molar-refractivity contribution in [3.8, 4) is 0 Å². The molecule has 0 radical (unpaired) electrons. The Balaban J connectivity index is 1.96. The minimum atomic E-state index is -0.522. The van der Waals surface area contributed by atoms with E-state index in [1.54, 1.807) is 16.8 Å². The van der Waals surface area contributed by atoms with E-state index in [4.69, 9.17) is 11.5 Å². The molecule has 1 aromatic heterocycles. The van der Waals surface area contributed by atoms with Crippen LogP contribution in [0.15, 0.2) is 30.5 Å². The van der Waals surface area contributed by atoms with Gasteiger partial charge in [0.2, 0.25) is 0 Å². The Labute approximate surface area is 111 Å². The largest absolute Gasteiger partial charge is 0.398 e. The molecule has 0 saturated heterocycles. The maximum absolute atomic E-state index is 11.2. The quantitative estimate of drug-likeness (QED) is 0.690. The fourth-order valence-corrected chi connectivity index (χ4v) is 1.81. The Hall–Kier alpha value is -2.50. The van der Waals surface area contributed by atoms with E-state index >= 15 is 0 Å². The van der Waals surface area contributed by atoms with Gasteiger partial charge >= 0.3 is 0 Å². The number of hydrogen-bond acceptors (Lipinski definition) is 4. The first kappa shape index (κ1) is 12.9. The number of nitrogens with zero attached hydrogens (tertiary/aromatic N) is 2. The molecule has 1 heterocycles. The van der Waals surface area contributed by atoms with Crippen molar-refractivity contribution in [1.82, 2.24) is 9.78 Å². The second-order valence-electron chi connectivity index (χ2n) is 4.32. The average Bonchev–Trinajstić information content (AvgIpc) is 2.77. The van der Waals surface area contributed by atoms with Gasteiger partial charge in [0.25, 0.3) is 5.91 Å². The van der Waals surface area contributed by atoms with E-state index in [-0.39, 0.29) is 0 Å². The third-order valence-corrected chi connectivity index (χ3v) is 2.80. The summed E-state index contributed by atoms with van der Waals surface area (Å²) in [6, 6.07) is 7.12. The van der Waals surface area contributed by atoms with E-state index < -0.39 is 5.91 Å². The van der Waals surface area contributed by atoms with Crippen molar-refractivity contribution in [3.63, 3.8) is 0 Å². The van der Waals surface area contributed by atoms with E-state index in [1.165, 1.54) is 0 Å². The average molecular weight is 259 g/mol. The SMILES string of the molecule is Cn1ccc(CCNc2ccc(N)c(C(N)=O)c2)n1. The van der Waals surface area contributed by atoms with Gasteiger partial charge in [-0.2, -0.15) is 5.10 Å². The fraction of sp³-hybridized carbons (Fsp3) is 0.231. The molecular formula is C13H17N5O. The van der Waals surface area contributed by atoms with Gasteiger partial charge in [0, 0.05) is 37.6 Å². The number of nitrogens with one attached hydrogen (secondary N) is 1. The zero-order valence-corrected chi connectivity index (χ0v) is 10.8. The zero-order valence-electron chi connectivity index (χ0n) is 10.8. The Morgan fingerprint density at radius 1 is 1.42 bits per heavy atom. The van der Waals surface area contributed by atoms with Gasteiger partial charge < -0.3 is 16.8 Å². The molecule has 100 valence electrons. The van der Waals surface area contributed by atoms with Crippen LogP contribution in [0.3, 0.4) is 0 Å². The topological polar surface area (TPSA) is 99.0 Å². The Kier molecular flexibility index (Phi) is 3.70. The van der Waals surface area contributed by atoms with Crippen molar-refractivity contribution in [2.24, 2.45) is 12.8 Å². The number of aromatic nitrogens is 2. The number of primary amides is 1. The van der Waals surface area contributed by atoms with Crippen molar-refractivity contribution < 1.29 is 4.79 Å². The van der Waals surface area contributed by atoms with Crippen LogP contribution < -0.4 is 16.8 Å². The molecule has 2 aromatic rings. The van der Waals surface area contributed by atoms with Crippen LogP contribution in [0.5, 0.6) is 0 Å². The smallest absolute Gasteiger partial charge is 0.250 e. The number of carbonyl (C=O) groups excluding carboxylic acids is 1. The summed E-state index contributed by atoms with van der Waals surface area (Å²) < 4.78 is 1.77. The summed E-state index contributed by atoms with van der Waals surface area (Å²) in [5.74, 6) is -0.522. The molecule has 5 N–H and O–H groups in total. The Morgan fingerprint density at radius 2 is 2.21 bits per heavy atom. The highest BCUT2D eigenvalue weighted by Gasteiger charge is 2.06. The number of rotatable bonds is 5. The van der Waals surface area contributed by atoms with Gasteiger partial charge in [0.1, 0.15) is 0 Å². The summed E-state index contributed by atoms with van der Waals surface area (Å²) >= 11 is 0. The van der Waals surface area contributed by atoms with E-state index in [0.717, 1.165) is 24.3 Å². The summed E-state index contributed by atoms with van der Waals surface area (Å²) in [6.07, 6.45) is 2.71. The summed E-state index contributed by atoms with van der Waals surface area (Å²) in [7, 11) is 1.88. The molecule has 0 atom stereocenters. The lowest BCUT2D eigenvalue weighted by molar-refractivity contribution is 0.100. The van der Waals surface area contributed by atoms with E-state index in [9.17, 15) is 4.79 Å². The summed E-state index contributed by atoms with van der Waals surface area (Å²) in [5, 5.41) is 7.50. The number of aryl methyl sites for hydroxylation is 1. The second-order valence-corrected chi connectivity index (χ2v) is 4.32. The van der Waals surface area contributed by atoms with Gasteiger partial charge in [-0.15, -0.1) is 0 Å².